The fraction of sp³-hybridized carbons (Fsp3) is 0.438. The molecule has 0 radical (unpaired) electrons. The number of aromatic carboxylic acids is 1. The monoisotopic (exact) mass is 340 g/mol. The normalized spacial score (nSPS) is 15.3. The number of carbonyl (C=O) groups is 1. The van der Waals surface area contributed by atoms with Crippen LogP contribution >= 0.6 is 12.4 Å². The number of benzene rings is 1. The molecule has 3 rings (SSSR count). The molecule has 0 spiro atoms. The molecular weight excluding hydrogens is 320 g/mol. The molecule has 1 fully saturated rings. The predicted octanol–water partition coefficient (Wildman–Crippen LogP) is 2.39. The zero-order valence-electron chi connectivity index (χ0n) is 12.8. The standard InChI is InChI=1S/C16H20N2O4.ClH/c19-16(20)15-11-12-10-13(2-3-14(12)17-15)22-7-1-4-18-5-8-21-9-6-18;/h2-3,10-11,17H,1,4-9H2,(H,19,20);1H. The Balaban J connectivity index is 0.00000192. The summed E-state index contributed by atoms with van der Waals surface area (Å²) >= 11 is 0. The van der Waals surface area contributed by atoms with Crippen LogP contribution in [-0.4, -0.2) is 60.4 Å². The fourth-order valence-corrected chi connectivity index (χ4v) is 2.62. The molecule has 0 unspecified atom stereocenters. The summed E-state index contributed by atoms with van der Waals surface area (Å²) in [5.74, 6) is -0.186. The van der Waals surface area contributed by atoms with Crippen molar-refractivity contribution in [2.24, 2.45) is 0 Å². The molecule has 0 saturated carbocycles. The van der Waals surface area contributed by atoms with Gasteiger partial charge in [0.2, 0.25) is 0 Å². The Morgan fingerprint density at radius 2 is 2.09 bits per heavy atom. The van der Waals surface area contributed by atoms with Gasteiger partial charge >= 0.3 is 5.97 Å². The number of ether oxygens (including phenoxy) is 2. The summed E-state index contributed by atoms with van der Waals surface area (Å²) in [5.41, 5.74) is 0.998. The van der Waals surface area contributed by atoms with Crippen LogP contribution in [0.25, 0.3) is 10.9 Å². The van der Waals surface area contributed by atoms with E-state index in [9.17, 15) is 4.79 Å². The van der Waals surface area contributed by atoms with E-state index in [1.54, 1.807) is 6.07 Å². The Bertz CT molecular complexity index is 653. The van der Waals surface area contributed by atoms with E-state index in [0.29, 0.717) is 6.61 Å². The number of hydrogen-bond acceptors (Lipinski definition) is 4. The van der Waals surface area contributed by atoms with Crippen molar-refractivity contribution in [1.82, 2.24) is 9.88 Å². The largest absolute Gasteiger partial charge is 0.494 e. The molecule has 0 bridgehead atoms. The molecule has 0 atom stereocenters. The second kappa shape index (κ2) is 8.19. The number of nitrogens with one attached hydrogen (secondary N) is 1. The van der Waals surface area contributed by atoms with Gasteiger partial charge in [-0.15, -0.1) is 12.4 Å². The molecule has 23 heavy (non-hydrogen) atoms. The number of carboxylic acids is 1. The fourth-order valence-electron chi connectivity index (χ4n) is 2.62. The number of hydrogen-bond donors (Lipinski definition) is 2. The molecule has 7 heteroatoms. The molecule has 2 aromatic rings. The maximum absolute atomic E-state index is 10.9. The summed E-state index contributed by atoms with van der Waals surface area (Å²) in [6.07, 6.45) is 0.964. The number of rotatable bonds is 6. The SMILES string of the molecule is Cl.O=C(O)c1cc2cc(OCCCN3CCOCC3)ccc2[nH]1. The van der Waals surface area contributed by atoms with Crippen molar-refractivity contribution in [3.63, 3.8) is 0 Å². The highest BCUT2D eigenvalue weighted by molar-refractivity contribution is 5.94. The van der Waals surface area contributed by atoms with Gasteiger partial charge in [-0.1, -0.05) is 0 Å². The van der Waals surface area contributed by atoms with Crippen LogP contribution in [0.2, 0.25) is 0 Å². The van der Waals surface area contributed by atoms with Gasteiger partial charge in [0.15, 0.2) is 0 Å². The van der Waals surface area contributed by atoms with E-state index in [1.807, 2.05) is 18.2 Å². The van der Waals surface area contributed by atoms with Gasteiger partial charge in [0.05, 0.1) is 19.8 Å². The molecule has 2 N–H and O–H groups in total. The van der Waals surface area contributed by atoms with Crippen molar-refractivity contribution in [2.45, 2.75) is 6.42 Å². The van der Waals surface area contributed by atoms with Gasteiger partial charge in [-0.25, -0.2) is 4.79 Å². The molecule has 1 aromatic heterocycles. The molecule has 1 aliphatic heterocycles. The van der Waals surface area contributed by atoms with Crippen LogP contribution in [-0.2, 0) is 4.74 Å². The molecule has 0 amide bonds. The third kappa shape index (κ3) is 4.60. The number of halogens is 1. The summed E-state index contributed by atoms with van der Waals surface area (Å²) in [6.45, 7) is 5.28. The van der Waals surface area contributed by atoms with E-state index in [1.165, 1.54) is 0 Å². The van der Waals surface area contributed by atoms with Crippen molar-refractivity contribution in [3.05, 3.63) is 30.0 Å². The van der Waals surface area contributed by atoms with Crippen molar-refractivity contribution >= 4 is 29.3 Å². The lowest BCUT2D eigenvalue weighted by atomic mass is 10.2. The van der Waals surface area contributed by atoms with Gasteiger partial charge in [0.1, 0.15) is 11.4 Å². The number of carboxylic acid groups (broad SMARTS) is 1. The number of nitrogens with zero attached hydrogens (tertiary/aromatic N) is 1. The first-order valence-electron chi connectivity index (χ1n) is 7.51. The summed E-state index contributed by atoms with van der Waals surface area (Å²) in [7, 11) is 0. The average molecular weight is 341 g/mol. The zero-order chi connectivity index (χ0) is 15.4. The second-order valence-corrected chi connectivity index (χ2v) is 5.39. The van der Waals surface area contributed by atoms with E-state index in [4.69, 9.17) is 14.6 Å². The van der Waals surface area contributed by atoms with E-state index in [2.05, 4.69) is 9.88 Å². The van der Waals surface area contributed by atoms with Crippen LogP contribution in [0.15, 0.2) is 24.3 Å². The van der Waals surface area contributed by atoms with E-state index in [-0.39, 0.29) is 18.1 Å². The summed E-state index contributed by atoms with van der Waals surface area (Å²) < 4.78 is 11.1. The first-order valence-corrected chi connectivity index (χ1v) is 7.51. The lowest BCUT2D eigenvalue weighted by molar-refractivity contribution is 0.0358. The first kappa shape index (κ1) is 17.6. The highest BCUT2D eigenvalue weighted by Crippen LogP contribution is 2.21. The number of fused-ring (bicyclic) bond motifs is 1. The highest BCUT2D eigenvalue weighted by Gasteiger charge is 2.10. The molecule has 126 valence electrons. The van der Waals surface area contributed by atoms with E-state index in [0.717, 1.165) is 55.9 Å². The Morgan fingerprint density at radius 3 is 2.83 bits per heavy atom. The first-order chi connectivity index (χ1) is 10.7. The minimum atomic E-state index is -0.954. The summed E-state index contributed by atoms with van der Waals surface area (Å²) in [4.78, 5) is 16.2. The number of aromatic nitrogens is 1. The minimum Gasteiger partial charge on any atom is -0.494 e. The number of aromatic amines is 1. The molecule has 6 nitrogen and oxygen atoms in total. The van der Waals surface area contributed by atoms with Crippen LogP contribution in [0.4, 0.5) is 0 Å². The van der Waals surface area contributed by atoms with Gasteiger partial charge in [0, 0.05) is 30.5 Å². The molecular formula is C16H21ClN2O4. The van der Waals surface area contributed by atoms with E-state index >= 15 is 0 Å². The molecule has 1 saturated heterocycles. The Hall–Kier alpha value is -1.76. The number of H-pyrrole nitrogens is 1. The molecule has 2 heterocycles. The van der Waals surface area contributed by atoms with Gasteiger partial charge in [0.25, 0.3) is 0 Å². The van der Waals surface area contributed by atoms with Crippen LogP contribution in [0, 0.1) is 0 Å². The van der Waals surface area contributed by atoms with Crippen LogP contribution in [0.3, 0.4) is 0 Å². The summed E-state index contributed by atoms with van der Waals surface area (Å²) in [6, 6.07) is 7.20. The van der Waals surface area contributed by atoms with Gasteiger partial charge in [-0.2, -0.15) is 0 Å². The Labute approximate surface area is 140 Å². The molecule has 1 aliphatic rings. The lowest BCUT2D eigenvalue weighted by Gasteiger charge is -2.26. The Kier molecular flexibility index (Phi) is 6.27. The highest BCUT2D eigenvalue weighted by atomic mass is 35.5. The van der Waals surface area contributed by atoms with Crippen molar-refractivity contribution in [3.8, 4) is 5.75 Å². The van der Waals surface area contributed by atoms with Gasteiger partial charge in [-0.3, -0.25) is 4.90 Å². The second-order valence-electron chi connectivity index (χ2n) is 5.39. The maximum Gasteiger partial charge on any atom is 0.352 e. The third-order valence-corrected chi connectivity index (χ3v) is 3.81. The van der Waals surface area contributed by atoms with Crippen molar-refractivity contribution in [1.29, 1.82) is 0 Å². The molecule has 1 aromatic carbocycles. The Morgan fingerprint density at radius 1 is 1.30 bits per heavy atom. The van der Waals surface area contributed by atoms with Crippen molar-refractivity contribution in [2.75, 3.05) is 39.5 Å². The van der Waals surface area contributed by atoms with Gasteiger partial charge in [-0.05, 0) is 30.7 Å². The predicted molar refractivity (Wildman–Crippen MR) is 89.9 cm³/mol. The molecule has 0 aliphatic carbocycles. The quantitative estimate of drug-likeness (QED) is 0.790. The van der Waals surface area contributed by atoms with Crippen LogP contribution in [0.5, 0.6) is 5.75 Å². The number of morpholine rings is 1. The van der Waals surface area contributed by atoms with E-state index < -0.39 is 5.97 Å². The maximum atomic E-state index is 10.9. The van der Waals surface area contributed by atoms with Crippen molar-refractivity contribution < 1.29 is 19.4 Å². The van der Waals surface area contributed by atoms with Crippen LogP contribution < -0.4 is 4.74 Å². The summed E-state index contributed by atoms with van der Waals surface area (Å²) in [5, 5.41) is 9.83. The average Bonchev–Trinajstić information content (AvgIpc) is 2.96. The topological polar surface area (TPSA) is 74.8 Å². The lowest BCUT2D eigenvalue weighted by Crippen LogP contribution is -2.37. The minimum absolute atomic E-state index is 0. The smallest absolute Gasteiger partial charge is 0.352 e. The third-order valence-electron chi connectivity index (χ3n) is 3.81. The van der Waals surface area contributed by atoms with Crippen LogP contribution in [0.1, 0.15) is 16.9 Å². The van der Waals surface area contributed by atoms with Gasteiger partial charge < -0.3 is 19.6 Å². The zero-order valence-corrected chi connectivity index (χ0v) is 13.6.